The van der Waals surface area contributed by atoms with E-state index in [0.29, 0.717) is 6.42 Å². The summed E-state index contributed by atoms with van der Waals surface area (Å²) in [6, 6.07) is 0.0158. The van der Waals surface area contributed by atoms with Crippen molar-refractivity contribution in [2.24, 2.45) is 7.05 Å². The average Bonchev–Trinajstić information content (AvgIpc) is 2.83. The Labute approximate surface area is 104 Å². The normalized spacial score (nSPS) is 22.6. The molecule has 1 aliphatic rings. The lowest BCUT2D eigenvalue weighted by atomic mass is 10.1. The van der Waals surface area contributed by atoms with E-state index >= 15 is 0 Å². The average molecular weight is 290 g/mol. The molecule has 0 spiro atoms. The first-order chi connectivity index (χ1) is 7.59. The summed E-state index contributed by atoms with van der Waals surface area (Å²) < 4.78 is 16.7. The monoisotopic (exact) mass is 289 g/mol. The van der Waals surface area contributed by atoms with Crippen LogP contribution < -0.4 is 5.32 Å². The fourth-order valence-electron chi connectivity index (χ4n) is 2.25. The highest BCUT2D eigenvalue weighted by Crippen LogP contribution is 2.24. The molecule has 16 heavy (non-hydrogen) atoms. The molecule has 2 rings (SSSR count). The standard InChI is InChI=1S/C11H17BrFN3/c1-7-11(12)10(16(2)15-7)6-8(13)9-4-3-5-14-9/h8-9,14H,3-6H2,1-2H3. The second-order valence-corrected chi connectivity index (χ2v) is 5.19. The summed E-state index contributed by atoms with van der Waals surface area (Å²) in [5, 5.41) is 7.48. The molecule has 0 amide bonds. The van der Waals surface area contributed by atoms with Gasteiger partial charge in [0.05, 0.1) is 15.9 Å². The predicted octanol–water partition coefficient (Wildman–Crippen LogP) is 2.12. The molecule has 5 heteroatoms. The van der Waals surface area contributed by atoms with Gasteiger partial charge >= 0.3 is 0 Å². The van der Waals surface area contributed by atoms with E-state index in [4.69, 9.17) is 0 Å². The Hall–Kier alpha value is -0.420. The van der Waals surface area contributed by atoms with Gasteiger partial charge in [-0.25, -0.2) is 4.39 Å². The van der Waals surface area contributed by atoms with Crippen LogP contribution in [0.25, 0.3) is 0 Å². The van der Waals surface area contributed by atoms with Crippen LogP contribution in [0.1, 0.15) is 24.2 Å². The molecular weight excluding hydrogens is 273 g/mol. The van der Waals surface area contributed by atoms with Gasteiger partial charge in [0.25, 0.3) is 0 Å². The van der Waals surface area contributed by atoms with Crippen LogP contribution in [-0.2, 0) is 13.5 Å². The maximum atomic E-state index is 14.0. The molecule has 3 nitrogen and oxygen atoms in total. The van der Waals surface area contributed by atoms with E-state index in [1.165, 1.54) is 0 Å². The van der Waals surface area contributed by atoms with E-state index in [1.54, 1.807) is 4.68 Å². The van der Waals surface area contributed by atoms with Crippen LogP contribution in [0, 0.1) is 6.92 Å². The highest BCUT2D eigenvalue weighted by Gasteiger charge is 2.26. The van der Waals surface area contributed by atoms with E-state index in [-0.39, 0.29) is 6.04 Å². The van der Waals surface area contributed by atoms with E-state index in [9.17, 15) is 4.39 Å². The molecule has 1 N–H and O–H groups in total. The van der Waals surface area contributed by atoms with Crippen LogP contribution in [0.5, 0.6) is 0 Å². The molecule has 0 bridgehead atoms. The molecule has 2 unspecified atom stereocenters. The number of hydrogen-bond acceptors (Lipinski definition) is 2. The maximum Gasteiger partial charge on any atom is 0.121 e. The van der Waals surface area contributed by atoms with Crippen molar-refractivity contribution in [2.45, 2.75) is 38.4 Å². The van der Waals surface area contributed by atoms with Gasteiger partial charge in [0.2, 0.25) is 0 Å². The number of aryl methyl sites for hydroxylation is 2. The molecular formula is C11H17BrFN3. The van der Waals surface area contributed by atoms with Gasteiger partial charge < -0.3 is 5.32 Å². The minimum Gasteiger partial charge on any atom is -0.311 e. The summed E-state index contributed by atoms with van der Waals surface area (Å²) in [5.41, 5.74) is 1.86. The molecule has 1 fully saturated rings. The first kappa shape index (κ1) is 12.0. The Morgan fingerprint density at radius 1 is 1.69 bits per heavy atom. The molecule has 1 aromatic rings. The summed E-state index contributed by atoms with van der Waals surface area (Å²) >= 11 is 3.47. The number of nitrogens with one attached hydrogen (secondary N) is 1. The smallest absolute Gasteiger partial charge is 0.121 e. The van der Waals surface area contributed by atoms with Gasteiger partial charge in [-0.15, -0.1) is 0 Å². The second-order valence-electron chi connectivity index (χ2n) is 4.39. The Balaban J connectivity index is 2.07. The lowest BCUT2D eigenvalue weighted by Gasteiger charge is -2.16. The van der Waals surface area contributed by atoms with Gasteiger partial charge in [0.1, 0.15) is 6.17 Å². The van der Waals surface area contributed by atoms with Gasteiger partial charge in [-0.1, -0.05) is 0 Å². The second kappa shape index (κ2) is 4.84. The number of nitrogens with zero attached hydrogens (tertiary/aromatic N) is 2. The Kier molecular flexibility index (Phi) is 3.64. The van der Waals surface area contributed by atoms with Crippen LogP contribution in [0.4, 0.5) is 4.39 Å². The fourth-order valence-corrected chi connectivity index (χ4v) is 2.75. The van der Waals surface area contributed by atoms with E-state index < -0.39 is 6.17 Å². The largest absolute Gasteiger partial charge is 0.311 e. The van der Waals surface area contributed by atoms with Crippen molar-refractivity contribution >= 4 is 15.9 Å². The third-order valence-electron chi connectivity index (χ3n) is 3.19. The zero-order valence-corrected chi connectivity index (χ0v) is 11.2. The van der Waals surface area contributed by atoms with Crippen molar-refractivity contribution in [1.29, 1.82) is 0 Å². The number of alkyl halides is 1. The molecule has 1 saturated heterocycles. The van der Waals surface area contributed by atoms with Crippen molar-refractivity contribution in [3.63, 3.8) is 0 Å². The van der Waals surface area contributed by atoms with E-state index in [2.05, 4.69) is 26.3 Å². The van der Waals surface area contributed by atoms with Gasteiger partial charge in [-0.2, -0.15) is 5.10 Å². The molecule has 2 heterocycles. The Morgan fingerprint density at radius 2 is 2.44 bits per heavy atom. The highest BCUT2D eigenvalue weighted by molar-refractivity contribution is 9.10. The van der Waals surface area contributed by atoms with Crippen molar-refractivity contribution in [1.82, 2.24) is 15.1 Å². The number of halogens is 2. The third-order valence-corrected chi connectivity index (χ3v) is 4.22. The summed E-state index contributed by atoms with van der Waals surface area (Å²) in [5.74, 6) is 0. The predicted molar refractivity (Wildman–Crippen MR) is 65.3 cm³/mol. The number of rotatable bonds is 3. The van der Waals surface area contributed by atoms with Gasteiger partial charge in [0, 0.05) is 19.5 Å². The van der Waals surface area contributed by atoms with Crippen molar-refractivity contribution in [3.8, 4) is 0 Å². The van der Waals surface area contributed by atoms with Gasteiger partial charge in [-0.05, 0) is 42.2 Å². The summed E-state index contributed by atoms with van der Waals surface area (Å²) in [6.45, 7) is 2.87. The zero-order chi connectivity index (χ0) is 11.7. The Morgan fingerprint density at radius 3 is 2.94 bits per heavy atom. The maximum absolute atomic E-state index is 14.0. The van der Waals surface area contributed by atoms with Crippen molar-refractivity contribution in [3.05, 3.63) is 15.9 Å². The van der Waals surface area contributed by atoms with Crippen LogP contribution in [0.15, 0.2) is 4.47 Å². The minimum absolute atomic E-state index is 0.0158. The van der Waals surface area contributed by atoms with Gasteiger partial charge in [-0.3, -0.25) is 4.68 Å². The van der Waals surface area contributed by atoms with Crippen LogP contribution in [0.3, 0.4) is 0 Å². The molecule has 0 aromatic carbocycles. The topological polar surface area (TPSA) is 29.9 Å². The first-order valence-electron chi connectivity index (χ1n) is 5.65. The summed E-state index contributed by atoms with van der Waals surface area (Å²) in [7, 11) is 1.86. The van der Waals surface area contributed by atoms with E-state index in [0.717, 1.165) is 35.2 Å². The molecule has 90 valence electrons. The SMILES string of the molecule is Cc1nn(C)c(CC(F)C2CCCN2)c1Br. The van der Waals surface area contributed by atoms with Crippen molar-refractivity contribution in [2.75, 3.05) is 6.54 Å². The molecule has 0 aliphatic carbocycles. The molecule has 1 aliphatic heterocycles. The lowest BCUT2D eigenvalue weighted by molar-refractivity contribution is 0.259. The van der Waals surface area contributed by atoms with Crippen molar-refractivity contribution < 1.29 is 4.39 Å². The fraction of sp³-hybridized carbons (Fsp3) is 0.727. The van der Waals surface area contributed by atoms with Gasteiger partial charge in [0.15, 0.2) is 0 Å². The Bertz CT molecular complexity index is 372. The highest BCUT2D eigenvalue weighted by atomic mass is 79.9. The zero-order valence-electron chi connectivity index (χ0n) is 9.63. The number of aromatic nitrogens is 2. The molecule has 0 radical (unpaired) electrons. The minimum atomic E-state index is -0.825. The first-order valence-corrected chi connectivity index (χ1v) is 6.44. The number of hydrogen-bond donors (Lipinski definition) is 1. The van der Waals surface area contributed by atoms with E-state index in [1.807, 2.05) is 14.0 Å². The third kappa shape index (κ3) is 2.30. The lowest BCUT2D eigenvalue weighted by Crippen LogP contribution is -2.33. The van der Waals surface area contributed by atoms with Crippen LogP contribution in [0.2, 0.25) is 0 Å². The van der Waals surface area contributed by atoms with Crippen LogP contribution in [-0.4, -0.2) is 28.5 Å². The summed E-state index contributed by atoms with van der Waals surface area (Å²) in [6.07, 6.45) is 1.62. The quantitative estimate of drug-likeness (QED) is 0.924. The summed E-state index contributed by atoms with van der Waals surface area (Å²) in [4.78, 5) is 0. The molecule has 2 atom stereocenters. The van der Waals surface area contributed by atoms with Crippen LogP contribution >= 0.6 is 15.9 Å². The molecule has 0 saturated carbocycles. The molecule has 1 aromatic heterocycles.